The zero-order valence-corrected chi connectivity index (χ0v) is 16.6. The van der Waals surface area contributed by atoms with E-state index in [1.54, 1.807) is 42.5 Å². The number of halogens is 1. The number of hydrazine groups is 1. The van der Waals surface area contributed by atoms with Crippen LogP contribution in [0.4, 0.5) is 5.69 Å². The van der Waals surface area contributed by atoms with E-state index < -0.39 is 11.8 Å². The zero-order valence-electron chi connectivity index (χ0n) is 15.0. The third-order valence-electron chi connectivity index (χ3n) is 3.51. The molecule has 7 nitrogen and oxygen atoms in total. The maximum absolute atomic E-state index is 12.1. The molecule has 28 heavy (non-hydrogen) atoms. The van der Waals surface area contributed by atoms with Crippen molar-refractivity contribution in [2.24, 2.45) is 0 Å². The zero-order chi connectivity index (χ0) is 20.5. The molecule has 0 spiro atoms. The average Bonchev–Trinajstić information content (AvgIpc) is 2.67. The Morgan fingerprint density at radius 1 is 0.964 bits per heavy atom. The predicted octanol–water partition coefficient (Wildman–Crippen LogP) is 3.03. The van der Waals surface area contributed by atoms with Crippen LogP contribution >= 0.6 is 23.8 Å². The molecule has 4 N–H and O–H groups in total. The summed E-state index contributed by atoms with van der Waals surface area (Å²) < 4.78 is 0. The van der Waals surface area contributed by atoms with E-state index in [4.69, 9.17) is 23.8 Å². The second-order valence-electron chi connectivity index (χ2n) is 5.75. The molecule has 0 atom stereocenters. The van der Waals surface area contributed by atoms with Gasteiger partial charge in [-0.2, -0.15) is 0 Å². The van der Waals surface area contributed by atoms with Gasteiger partial charge in [0.15, 0.2) is 5.11 Å². The Labute approximate surface area is 172 Å². The smallest absolute Gasteiger partial charge is 0.269 e. The van der Waals surface area contributed by atoms with Gasteiger partial charge in [0.05, 0.1) is 0 Å². The predicted molar refractivity (Wildman–Crippen MR) is 112 cm³/mol. The molecule has 9 heteroatoms. The summed E-state index contributed by atoms with van der Waals surface area (Å²) >= 11 is 10.8. The van der Waals surface area contributed by atoms with Crippen molar-refractivity contribution in [3.8, 4) is 0 Å². The van der Waals surface area contributed by atoms with Gasteiger partial charge in [-0.15, -0.1) is 0 Å². The van der Waals surface area contributed by atoms with Gasteiger partial charge in [-0.1, -0.05) is 24.6 Å². The van der Waals surface area contributed by atoms with Crippen molar-refractivity contribution >= 4 is 52.3 Å². The Morgan fingerprint density at radius 2 is 1.68 bits per heavy atom. The topological polar surface area (TPSA) is 99.3 Å². The molecule has 0 saturated heterocycles. The van der Waals surface area contributed by atoms with Crippen molar-refractivity contribution < 1.29 is 14.4 Å². The Balaban J connectivity index is 1.83. The van der Waals surface area contributed by atoms with Crippen molar-refractivity contribution in [1.82, 2.24) is 16.2 Å². The summed E-state index contributed by atoms with van der Waals surface area (Å²) in [5.74, 6) is -0.991. The number of nitrogens with one attached hydrogen (secondary N) is 4. The highest BCUT2D eigenvalue weighted by Crippen LogP contribution is 2.11. The second-order valence-corrected chi connectivity index (χ2v) is 6.59. The molecule has 0 aliphatic rings. The van der Waals surface area contributed by atoms with E-state index in [0.29, 0.717) is 28.3 Å². The third kappa shape index (κ3) is 6.64. The number of hydrogen-bond donors (Lipinski definition) is 4. The molecule has 0 aromatic heterocycles. The van der Waals surface area contributed by atoms with Crippen LogP contribution in [0.5, 0.6) is 0 Å². The number of carbonyl (C=O) groups excluding carboxylic acids is 3. The van der Waals surface area contributed by atoms with E-state index in [1.165, 1.54) is 6.07 Å². The fraction of sp³-hybridized carbons (Fsp3) is 0.158. The lowest BCUT2D eigenvalue weighted by Gasteiger charge is -2.11. The largest absolute Gasteiger partial charge is 0.326 e. The van der Waals surface area contributed by atoms with Crippen molar-refractivity contribution in [3.05, 3.63) is 64.7 Å². The molecule has 0 radical (unpaired) electrons. The van der Waals surface area contributed by atoms with E-state index in [9.17, 15) is 14.4 Å². The van der Waals surface area contributed by atoms with Crippen LogP contribution in [0.3, 0.4) is 0 Å². The number of thiocarbonyl (C=S) groups is 1. The van der Waals surface area contributed by atoms with Crippen LogP contribution in [0.2, 0.25) is 5.02 Å². The molecule has 0 heterocycles. The summed E-state index contributed by atoms with van der Waals surface area (Å²) in [6.07, 6.45) is 1.19. The lowest BCUT2D eigenvalue weighted by Crippen LogP contribution is -2.48. The average molecular weight is 419 g/mol. The summed E-state index contributed by atoms with van der Waals surface area (Å²) in [6.45, 7) is 1.92. The van der Waals surface area contributed by atoms with Crippen LogP contribution in [0.15, 0.2) is 48.5 Å². The highest BCUT2D eigenvalue weighted by molar-refractivity contribution is 7.80. The highest BCUT2D eigenvalue weighted by Gasteiger charge is 2.10. The number of benzene rings is 2. The molecule has 0 saturated carbocycles. The highest BCUT2D eigenvalue weighted by atomic mass is 35.5. The second kappa shape index (κ2) is 10.4. The lowest BCUT2D eigenvalue weighted by atomic mass is 10.2. The minimum atomic E-state index is -0.457. The van der Waals surface area contributed by atoms with E-state index in [-0.39, 0.29) is 11.0 Å². The summed E-state index contributed by atoms with van der Waals surface area (Å²) in [5.41, 5.74) is 6.14. The standard InChI is InChI=1S/C19H19ClN4O3S/c1-2-4-16(25)21-15-9-7-12(8-10-15)18(27)23-24-19(28)22-17(26)13-5-3-6-14(20)11-13/h3,5-11H,2,4H2,1H3,(H,21,25)(H,23,27)(H2,22,24,26,28). The van der Waals surface area contributed by atoms with Crippen molar-refractivity contribution in [2.75, 3.05) is 5.32 Å². The maximum Gasteiger partial charge on any atom is 0.269 e. The molecule has 0 fully saturated rings. The SMILES string of the molecule is CCCC(=O)Nc1ccc(C(=O)NNC(=S)NC(=O)c2cccc(Cl)c2)cc1. The van der Waals surface area contributed by atoms with Gasteiger partial charge >= 0.3 is 0 Å². The van der Waals surface area contributed by atoms with Crippen molar-refractivity contribution in [2.45, 2.75) is 19.8 Å². The van der Waals surface area contributed by atoms with Gasteiger partial charge in [0.25, 0.3) is 11.8 Å². The molecule has 2 aromatic carbocycles. The number of hydrogen-bond acceptors (Lipinski definition) is 4. The molecule has 0 aliphatic carbocycles. The summed E-state index contributed by atoms with van der Waals surface area (Å²) in [6, 6.07) is 12.8. The molecular weight excluding hydrogens is 400 g/mol. The molecule has 2 rings (SSSR count). The number of anilines is 1. The first-order chi connectivity index (χ1) is 13.4. The molecule has 0 unspecified atom stereocenters. The van der Waals surface area contributed by atoms with E-state index >= 15 is 0 Å². The Morgan fingerprint density at radius 3 is 2.32 bits per heavy atom. The molecule has 3 amide bonds. The molecular formula is C19H19ClN4O3S. The number of rotatable bonds is 5. The Kier molecular flexibility index (Phi) is 7.91. The lowest BCUT2D eigenvalue weighted by molar-refractivity contribution is -0.116. The minimum Gasteiger partial charge on any atom is -0.326 e. The normalized spacial score (nSPS) is 9.93. The monoisotopic (exact) mass is 418 g/mol. The van der Waals surface area contributed by atoms with Gasteiger partial charge in [0.1, 0.15) is 0 Å². The summed E-state index contributed by atoms with van der Waals surface area (Å²) in [4.78, 5) is 35.7. The first-order valence-corrected chi connectivity index (χ1v) is 9.25. The number of amides is 3. The fourth-order valence-electron chi connectivity index (χ4n) is 2.18. The van der Waals surface area contributed by atoms with E-state index in [2.05, 4.69) is 21.5 Å². The van der Waals surface area contributed by atoms with Gasteiger partial charge in [0, 0.05) is 28.3 Å². The van der Waals surface area contributed by atoms with Crippen molar-refractivity contribution in [1.29, 1.82) is 0 Å². The van der Waals surface area contributed by atoms with Crippen LogP contribution in [0.25, 0.3) is 0 Å². The maximum atomic E-state index is 12.1. The molecule has 146 valence electrons. The third-order valence-corrected chi connectivity index (χ3v) is 3.95. The van der Waals surface area contributed by atoms with Gasteiger partial charge < -0.3 is 5.32 Å². The number of carbonyl (C=O) groups is 3. The molecule has 2 aromatic rings. The van der Waals surface area contributed by atoms with E-state index in [1.807, 2.05) is 6.92 Å². The molecule has 0 aliphatic heterocycles. The summed E-state index contributed by atoms with van der Waals surface area (Å²) in [5, 5.41) is 5.53. The quantitative estimate of drug-likeness (QED) is 0.442. The molecule has 0 bridgehead atoms. The van der Waals surface area contributed by atoms with Crippen LogP contribution < -0.4 is 21.5 Å². The van der Waals surface area contributed by atoms with Crippen LogP contribution in [0.1, 0.15) is 40.5 Å². The first-order valence-electron chi connectivity index (χ1n) is 8.46. The van der Waals surface area contributed by atoms with Gasteiger partial charge in [-0.3, -0.25) is 30.6 Å². The van der Waals surface area contributed by atoms with Gasteiger partial charge in [-0.05, 0) is 61.1 Å². The Hall–Kier alpha value is -2.97. The van der Waals surface area contributed by atoms with Crippen LogP contribution in [-0.4, -0.2) is 22.8 Å². The van der Waals surface area contributed by atoms with E-state index in [0.717, 1.165) is 6.42 Å². The van der Waals surface area contributed by atoms with Crippen LogP contribution in [-0.2, 0) is 4.79 Å². The first kappa shape index (κ1) is 21.3. The van der Waals surface area contributed by atoms with Crippen molar-refractivity contribution in [3.63, 3.8) is 0 Å². The van der Waals surface area contributed by atoms with Crippen LogP contribution in [0, 0.1) is 0 Å². The van der Waals surface area contributed by atoms with Gasteiger partial charge in [0.2, 0.25) is 5.91 Å². The summed E-state index contributed by atoms with van der Waals surface area (Å²) in [7, 11) is 0. The fourth-order valence-corrected chi connectivity index (χ4v) is 2.51. The Bertz CT molecular complexity index is 887. The minimum absolute atomic E-state index is 0.0678. The van der Waals surface area contributed by atoms with Gasteiger partial charge in [-0.25, -0.2) is 0 Å².